The summed E-state index contributed by atoms with van der Waals surface area (Å²) < 4.78 is 5.79. The quantitative estimate of drug-likeness (QED) is 0.484. The van der Waals surface area contributed by atoms with E-state index < -0.39 is 0 Å². The number of ether oxygens (including phenoxy) is 1. The standard InChI is InChI=1S/C24H24N2O2/c1-18-8-10-20(11-9-18)16-24(27)26-25-19(2)22-12-14-23(15-13-22)28-17-21-6-4-3-5-7-21/h3-15H,16-17H2,1-2H3,(H,26,27)/b25-19+. The maximum Gasteiger partial charge on any atom is 0.244 e. The van der Waals surface area contributed by atoms with Crippen molar-refractivity contribution in [1.29, 1.82) is 0 Å². The maximum atomic E-state index is 12.1. The van der Waals surface area contributed by atoms with Crippen molar-refractivity contribution in [3.05, 3.63) is 101 Å². The molecule has 1 amide bonds. The molecule has 0 saturated carbocycles. The average molecular weight is 372 g/mol. The van der Waals surface area contributed by atoms with Gasteiger partial charge >= 0.3 is 0 Å². The van der Waals surface area contributed by atoms with Gasteiger partial charge in [0, 0.05) is 0 Å². The summed E-state index contributed by atoms with van der Waals surface area (Å²) in [6, 6.07) is 25.6. The largest absolute Gasteiger partial charge is 0.489 e. The molecule has 0 radical (unpaired) electrons. The minimum atomic E-state index is -0.133. The lowest BCUT2D eigenvalue weighted by molar-refractivity contribution is -0.120. The van der Waals surface area contributed by atoms with Crippen LogP contribution >= 0.6 is 0 Å². The van der Waals surface area contributed by atoms with Gasteiger partial charge in [-0.15, -0.1) is 0 Å². The first-order valence-corrected chi connectivity index (χ1v) is 9.26. The van der Waals surface area contributed by atoms with Crippen LogP contribution in [-0.4, -0.2) is 11.6 Å². The molecule has 0 spiro atoms. The second kappa shape index (κ2) is 9.51. The molecule has 142 valence electrons. The number of benzene rings is 3. The van der Waals surface area contributed by atoms with E-state index in [0.717, 1.165) is 28.2 Å². The third kappa shape index (κ3) is 5.81. The summed E-state index contributed by atoms with van der Waals surface area (Å²) in [5.41, 5.74) is 7.57. The van der Waals surface area contributed by atoms with Crippen molar-refractivity contribution in [2.45, 2.75) is 26.9 Å². The summed E-state index contributed by atoms with van der Waals surface area (Å²) in [5.74, 6) is 0.662. The number of hydrogen-bond acceptors (Lipinski definition) is 3. The Bertz CT molecular complexity index is 931. The SMILES string of the molecule is C/C(=N\NC(=O)Cc1ccc(C)cc1)c1ccc(OCc2ccccc2)cc1. The minimum Gasteiger partial charge on any atom is -0.489 e. The van der Waals surface area contributed by atoms with Gasteiger partial charge in [-0.1, -0.05) is 60.2 Å². The van der Waals surface area contributed by atoms with Crippen molar-refractivity contribution in [3.8, 4) is 5.75 Å². The van der Waals surface area contributed by atoms with Gasteiger partial charge in [0.05, 0.1) is 12.1 Å². The Labute approximate surface area is 165 Å². The van der Waals surface area contributed by atoms with Gasteiger partial charge in [0.25, 0.3) is 0 Å². The molecule has 4 heteroatoms. The molecule has 0 heterocycles. The Kier molecular flexibility index (Phi) is 6.58. The monoisotopic (exact) mass is 372 g/mol. The van der Waals surface area contributed by atoms with Crippen LogP contribution in [0.3, 0.4) is 0 Å². The van der Waals surface area contributed by atoms with Crippen LogP contribution in [0, 0.1) is 6.92 Å². The zero-order valence-electron chi connectivity index (χ0n) is 16.2. The molecule has 0 unspecified atom stereocenters. The maximum absolute atomic E-state index is 12.1. The molecule has 0 aliphatic heterocycles. The second-order valence-electron chi connectivity index (χ2n) is 6.69. The fourth-order valence-corrected chi connectivity index (χ4v) is 2.67. The highest BCUT2D eigenvalue weighted by molar-refractivity contribution is 5.99. The van der Waals surface area contributed by atoms with Gasteiger partial charge in [0.2, 0.25) is 5.91 Å². The smallest absolute Gasteiger partial charge is 0.244 e. The molecule has 3 aromatic rings. The van der Waals surface area contributed by atoms with Crippen LogP contribution in [0.15, 0.2) is 84.0 Å². The van der Waals surface area contributed by atoms with E-state index in [4.69, 9.17) is 4.74 Å². The highest BCUT2D eigenvalue weighted by atomic mass is 16.5. The first kappa shape index (κ1) is 19.4. The van der Waals surface area contributed by atoms with E-state index in [2.05, 4.69) is 10.5 Å². The van der Waals surface area contributed by atoms with E-state index >= 15 is 0 Å². The van der Waals surface area contributed by atoms with Gasteiger partial charge in [0.1, 0.15) is 12.4 Å². The first-order valence-electron chi connectivity index (χ1n) is 9.26. The lowest BCUT2D eigenvalue weighted by Crippen LogP contribution is -2.21. The van der Waals surface area contributed by atoms with E-state index in [1.165, 1.54) is 5.56 Å². The van der Waals surface area contributed by atoms with Gasteiger partial charge in [0.15, 0.2) is 0 Å². The highest BCUT2D eigenvalue weighted by Gasteiger charge is 2.04. The Balaban J connectivity index is 1.52. The van der Waals surface area contributed by atoms with Crippen LogP contribution in [0.4, 0.5) is 0 Å². The van der Waals surface area contributed by atoms with Gasteiger partial charge in [-0.2, -0.15) is 5.10 Å². The van der Waals surface area contributed by atoms with Crippen LogP contribution in [0.1, 0.15) is 29.2 Å². The normalized spacial score (nSPS) is 11.1. The Hall–Kier alpha value is -3.40. The van der Waals surface area contributed by atoms with Crippen LogP contribution in [-0.2, 0) is 17.8 Å². The van der Waals surface area contributed by atoms with Crippen molar-refractivity contribution in [2.24, 2.45) is 5.10 Å². The van der Waals surface area contributed by atoms with Crippen LogP contribution in [0.2, 0.25) is 0 Å². The Morgan fingerprint density at radius 1 is 0.893 bits per heavy atom. The number of nitrogens with zero attached hydrogens (tertiary/aromatic N) is 1. The van der Waals surface area contributed by atoms with Crippen LogP contribution < -0.4 is 10.2 Å². The fourth-order valence-electron chi connectivity index (χ4n) is 2.67. The number of carbonyl (C=O) groups is 1. The molecule has 0 saturated heterocycles. The van der Waals surface area contributed by atoms with Crippen molar-refractivity contribution >= 4 is 11.6 Å². The fraction of sp³-hybridized carbons (Fsp3) is 0.167. The molecule has 28 heavy (non-hydrogen) atoms. The molecule has 3 aromatic carbocycles. The van der Waals surface area contributed by atoms with Crippen molar-refractivity contribution in [3.63, 3.8) is 0 Å². The Morgan fingerprint density at radius 2 is 1.57 bits per heavy atom. The van der Waals surface area contributed by atoms with Crippen molar-refractivity contribution in [2.75, 3.05) is 0 Å². The summed E-state index contributed by atoms with van der Waals surface area (Å²) in [6.07, 6.45) is 0.309. The molecule has 0 aliphatic carbocycles. The molecule has 0 atom stereocenters. The van der Waals surface area contributed by atoms with Crippen LogP contribution in [0.5, 0.6) is 5.75 Å². The number of hydrazone groups is 1. The van der Waals surface area contributed by atoms with Gasteiger partial charge in [-0.05, 0) is 54.8 Å². The molecule has 3 rings (SSSR count). The van der Waals surface area contributed by atoms with Crippen molar-refractivity contribution in [1.82, 2.24) is 5.43 Å². The molecular weight excluding hydrogens is 348 g/mol. The minimum absolute atomic E-state index is 0.133. The van der Waals surface area contributed by atoms with Gasteiger partial charge in [-0.25, -0.2) is 5.43 Å². The molecule has 1 N–H and O–H groups in total. The second-order valence-corrected chi connectivity index (χ2v) is 6.69. The van der Waals surface area contributed by atoms with E-state index in [-0.39, 0.29) is 5.91 Å². The Morgan fingerprint density at radius 3 is 2.25 bits per heavy atom. The summed E-state index contributed by atoms with van der Waals surface area (Å²) >= 11 is 0. The topological polar surface area (TPSA) is 50.7 Å². The zero-order valence-corrected chi connectivity index (χ0v) is 16.2. The summed E-state index contributed by atoms with van der Waals surface area (Å²) in [4.78, 5) is 12.1. The number of hydrogen-bond donors (Lipinski definition) is 1. The lowest BCUT2D eigenvalue weighted by atomic mass is 10.1. The first-order chi connectivity index (χ1) is 13.6. The molecule has 0 aromatic heterocycles. The van der Waals surface area contributed by atoms with E-state index in [1.54, 1.807) is 0 Å². The van der Waals surface area contributed by atoms with E-state index in [1.807, 2.05) is 92.7 Å². The number of aryl methyl sites for hydroxylation is 1. The third-order valence-corrected chi connectivity index (χ3v) is 4.35. The van der Waals surface area contributed by atoms with Crippen molar-refractivity contribution < 1.29 is 9.53 Å². The number of carbonyl (C=O) groups excluding carboxylic acids is 1. The summed E-state index contributed by atoms with van der Waals surface area (Å²) in [6.45, 7) is 4.42. The van der Waals surface area contributed by atoms with E-state index in [0.29, 0.717) is 13.0 Å². The number of nitrogens with one attached hydrogen (secondary N) is 1. The van der Waals surface area contributed by atoms with Gasteiger partial charge < -0.3 is 4.74 Å². The van der Waals surface area contributed by atoms with Gasteiger partial charge in [-0.3, -0.25) is 4.79 Å². The predicted octanol–water partition coefficient (Wildman–Crippen LogP) is 4.66. The molecule has 0 bridgehead atoms. The summed E-state index contributed by atoms with van der Waals surface area (Å²) in [5, 5.41) is 4.21. The number of amides is 1. The molecular formula is C24H24N2O2. The highest BCUT2D eigenvalue weighted by Crippen LogP contribution is 2.15. The predicted molar refractivity (Wildman–Crippen MR) is 112 cm³/mol. The lowest BCUT2D eigenvalue weighted by Gasteiger charge is -2.08. The van der Waals surface area contributed by atoms with Crippen LogP contribution in [0.25, 0.3) is 0 Å². The number of rotatable bonds is 7. The summed E-state index contributed by atoms with van der Waals surface area (Å²) in [7, 11) is 0. The molecule has 0 fully saturated rings. The van der Waals surface area contributed by atoms with E-state index in [9.17, 15) is 4.79 Å². The molecule has 4 nitrogen and oxygen atoms in total. The zero-order chi connectivity index (χ0) is 19.8. The molecule has 0 aliphatic rings. The average Bonchev–Trinajstić information content (AvgIpc) is 2.73. The third-order valence-electron chi connectivity index (χ3n) is 4.35.